The van der Waals surface area contributed by atoms with Gasteiger partial charge in [0.1, 0.15) is 18.2 Å². The second-order valence-electron chi connectivity index (χ2n) is 8.78. The van der Waals surface area contributed by atoms with E-state index in [2.05, 4.69) is 9.97 Å². The predicted octanol–water partition coefficient (Wildman–Crippen LogP) is 4.56. The first-order chi connectivity index (χ1) is 16.1. The van der Waals surface area contributed by atoms with Crippen molar-refractivity contribution in [3.63, 3.8) is 0 Å². The van der Waals surface area contributed by atoms with Gasteiger partial charge in [-0.25, -0.2) is 23.2 Å². The number of carbonyl (C=O) groups excluding carboxylic acids is 1. The highest BCUT2D eigenvalue weighted by molar-refractivity contribution is 7.92. The lowest BCUT2D eigenvalue weighted by Crippen LogP contribution is -2.42. The Hall–Kier alpha value is -2.59. The maximum Gasteiger partial charge on any atom is 0.410 e. The first-order valence-electron chi connectivity index (χ1n) is 11.3. The van der Waals surface area contributed by atoms with Crippen molar-refractivity contribution in [3.05, 3.63) is 35.1 Å². The van der Waals surface area contributed by atoms with Crippen LogP contribution in [0.15, 0.2) is 29.4 Å². The van der Waals surface area contributed by atoms with Crippen LogP contribution in [0.4, 0.5) is 4.79 Å². The van der Waals surface area contributed by atoms with E-state index in [9.17, 15) is 13.2 Å². The van der Waals surface area contributed by atoms with E-state index in [0.717, 1.165) is 0 Å². The fourth-order valence-corrected chi connectivity index (χ4v) is 5.61. The van der Waals surface area contributed by atoms with E-state index in [-0.39, 0.29) is 39.3 Å². The summed E-state index contributed by atoms with van der Waals surface area (Å²) in [4.78, 5) is 22.4. The number of carbonyl (C=O) groups is 1. The minimum atomic E-state index is -3.34. The van der Waals surface area contributed by atoms with E-state index in [1.807, 2.05) is 13.8 Å². The van der Waals surface area contributed by atoms with Crippen LogP contribution in [0, 0.1) is 6.92 Å². The summed E-state index contributed by atoms with van der Waals surface area (Å²) >= 11 is 6.32. The van der Waals surface area contributed by atoms with Crippen molar-refractivity contribution in [2.75, 3.05) is 13.1 Å². The molecule has 0 N–H and O–H groups in total. The summed E-state index contributed by atoms with van der Waals surface area (Å²) in [5.41, 5.74) is 0.592. The summed E-state index contributed by atoms with van der Waals surface area (Å²) in [5, 5.41) is -0.130. The Kier molecular flexibility index (Phi) is 7.18. The van der Waals surface area contributed by atoms with Gasteiger partial charge in [0.25, 0.3) is 0 Å². The summed E-state index contributed by atoms with van der Waals surface area (Å²) in [7, 11) is -3.34. The molecule has 11 heteroatoms. The van der Waals surface area contributed by atoms with E-state index in [4.69, 9.17) is 25.8 Å². The van der Waals surface area contributed by atoms with Gasteiger partial charge in [0.15, 0.2) is 9.84 Å². The molecule has 4 rings (SSSR count). The Morgan fingerprint density at radius 2 is 1.79 bits per heavy atom. The van der Waals surface area contributed by atoms with Gasteiger partial charge in [-0.3, -0.25) is 0 Å². The van der Waals surface area contributed by atoms with Crippen molar-refractivity contribution in [1.29, 1.82) is 0 Å². The fraction of sp³-hybridized carbons (Fsp3) is 0.522. The molecule has 2 aliphatic rings. The first kappa shape index (κ1) is 24.5. The van der Waals surface area contributed by atoms with Crippen LogP contribution in [0.2, 0.25) is 5.02 Å². The topological polar surface area (TPSA) is 108 Å². The second-order valence-corrected chi connectivity index (χ2v) is 11.4. The van der Waals surface area contributed by atoms with Crippen LogP contribution in [0.3, 0.4) is 0 Å². The van der Waals surface area contributed by atoms with Gasteiger partial charge in [-0.15, -0.1) is 0 Å². The third-order valence-electron chi connectivity index (χ3n) is 5.71. The van der Waals surface area contributed by atoms with Crippen molar-refractivity contribution in [3.8, 4) is 17.5 Å². The molecule has 1 amide bonds. The van der Waals surface area contributed by atoms with Gasteiger partial charge < -0.3 is 19.1 Å². The third-order valence-corrected chi connectivity index (χ3v) is 8.26. The lowest BCUT2D eigenvalue weighted by Gasteiger charge is -2.31. The number of ether oxygens (including phenoxy) is 3. The zero-order chi connectivity index (χ0) is 24.5. The van der Waals surface area contributed by atoms with Gasteiger partial charge in [-0.1, -0.05) is 11.6 Å². The molecule has 34 heavy (non-hydrogen) atoms. The molecule has 0 atom stereocenters. The van der Waals surface area contributed by atoms with Crippen molar-refractivity contribution in [2.24, 2.45) is 0 Å². The predicted molar refractivity (Wildman–Crippen MR) is 125 cm³/mol. The lowest BCUT2D eigenvalue weighted by molar-refractivity contribution is 0.0505. The molecule has 2 heterocycles. The summed E-state index contributed by atoms with van der Waals surface area (Å²) < 4.78 is 42.1. The Labute approximate surface area is 204 Å². The molecule has 2 aromatic rings. The van der Waals surface area contributed by atoms with Crippen molar-refractivity contribution in [2.45, 2.75) is 68.8 Å². The average Bonchev–Trinajstić information content (AvgIpc) is 3.64. The van der Waals surface area contributed by atoms with Gasteiger partial charge in [-0.05, 0) is 51.8 Å². The average molecular weight is 510 g/mol. The zero-order valence-electron chi connectivity index (χ0n) is 19.4. The van der Waals surface area contributed by atoms with E-state index >= 15 is 0 Å². The molecular formula is C23H28ClN3O6S. The molecule has 184 valence electrons. The number of halogens is 1. The summed E-state index contributed by atoms with van der Waals surface area (Å²) in [6.07, 6.45) is 3.42. The Morgan fingerprint density at radius 1 is 1.12 bits per heavy atom. The third kappa shape index (κ3) is 5.55. The number of benzene rings is 1. The maximum absolute atomic E-state index is 12.4. The number of likely N-dealkylation sites (tertiary alicyclic amines) is 1. The largest absolute Gasteiger partial charge is 0.474 e. The highest BCUT2D eigenvalue weighted by Crippen LogP contribution is 2.38. The molecule has 9 nitrogen and oxygen atoms in total. The Balaban J connectivity index is 1.40. The molecule has 0 spiro atoms. The minimum absolute atomic E-state index is 0.111. The van der Waals surface area contributed by atoms with Gasteiger partial charge >= 0.3 is 6.09 Å². The molecule has 1 saturated carbocycles. The van der Waals surface area contributed by atoms with Crippen molar-refractivity contribution in [1.82, 2.24) is 14.9 Å². The standard InChI is InChI=1S/C23H28ClN3O6S/c1-14(2)31-23(28)27-10-8-16(9-11-27)32-21-15(3)22(26-13-25-21)33-20-7-6-18(12-19(20)24)34(29,30)17-4-5-17/h6-7,12-14,16-17H,4-5,8-11H2,1-3H3. The maximum atomic E-state index is 12.4. The second kappa shape index (κ2) is 9.95. The summed E-state index contributed by atoms with van der Waals surface area (Å²) in [6.45, 7) is 6.50. The van der Waals surface area contributed by atoms with Gasteiger partial charge in [0, 0.05) is 25.9 Å². The van der Waals surface area contributed by atoms with E-state index in [0.29, 0.717) is 56.0 Å². The lowest BCUT2D eigenvalue weighted by atomic mass is 10.1. The Bertz CT molecular complexity index is 1160. The van der Waals surface area contributed by atoms with Crippen LogP contribution in [0.25, 0.3) is 0 Å². The van der Waals surface area contributed by atoms with Crippen LogP contribution in [-0.4, -0.2) is 59.9 Å². The number of hydrogen-bond acceptors (Lipinski definition) is 8. The molecule has 0 radical (unpaired) electrons. The quantitative estimate of drug-likeness (QED) is 0.534. The number of aromatic nitrogens is 2. The highest BCUT2D eigenvalue weighted by atomic mass is 35.5. The SMILES string of the molecule is Cc1c(Oc2ccc(S(=O)(=O)C3CC3)cc2Cl)ncnc1OC1CCN(C(=O)OC(C)C)CC1. The number of hydrogen-bond donors (Lipinski definition) is 0. The van der Waals surface area contributed by atoms with Crippen LogP contribution in [0.1, 0.15) is 45.1 Å². The molecule has 1 aromatic carbocycles. The van der Waals surface area contributed by atoms with Crippen LogP contribution >= 0.6 is 11.6 Å². The minimum Gasteiger partial charge on any atom is -0.474 e. The molecule has 0 unspecified atom stereocenters. The molecule has 1 aliphatic heterocycles. The highest BCUT2D eigenvalue weighted by Gasteiger charge is 2.37. The molecule has 1 aliphatic carbocycles. The van der Waals surface area contributed by atoms with Crippen LogP contribution in [-0.2, 0) is 14.6 Å². The van der Waals surface area contributed by atoms with Crippen molar-refractivity contribution >= 4 is 27.5 Å². The number of rotatable bonds is 7. The van der Waals surface area contributed by atoms with E-state index in [1.54, 1.807) is 11.8 Å². The van der Waals surface area contributed by atoms with Gasteiger partial charge in [0.05, 0.1) is 26.8 Å². The van der Waals surface area contributed by atoms with Crippen molar-refractivity contribution < 1.29 is 27.4 Å². The van der Waals surface area contributed by atoms with E-state index in [1.165, 1.54) is 24.5 Å². The molecule has 2 fully saturated rings. The zero-order valence-corrected chi connectivity index (χ0v) is 20.9. The first-order valence-corrected chi connectivity index (χ1v) is 13.2. The summed E-state index contributed by atoms with van der Waals surface area (Å²) in [5.74, 6) is 0.945. The smallest absolute Gasteiger partial charge is 0.410 e. The fourth-order valence-electron chi connectivity index (χ4n) is 3.65. The molecule has 0 bridgehead atoms. The van der Waals surface area contributed by atoms with Gasteiger partial charge in [0.2, 0.25) is 11.8 Å². The monoisotopic (exact) mass is 509 g/mol. The van der Waals surface area contributed by atoms with Gasteiger partial charge in [-0.2, -0.15) is 0 Å². The molecular weight excluding hydrogens is 482 g/mol. The molecule has 1 aromatic heterocycles. The summed E-state index contributed by atoms with van der Waals surface area (Å²) in [6, 6.07) is 4.45. The number of piperidine rings is 1. The van der Waals surface area contributed by atoms with E-state index < -0.39 is 9.84 Å². The molecule has 1 saturated heterocycles. The van der Waals surface area contributed by atoms with Crippen LogP contribution in [0.5, 0.6) is 17.5 Å². The Morgan fingerprint density at radius 3 is 2.41 bits per heavy atom. The number of sulfone groups is 1. The normalized spacial score (nSPS) is 17.0. The van der Waals surface area contributed by atoms with Crippen LogP contribution < -0.4 is 9.47 Å². The number of nitrogens with zero attached hydrogens (tertiary/aromatic N) is 3. The number of amides is 1.